The molecule has 150 valence electrons. The first-order chi connectivity index (χ1) is 13.3. The van der Waals surface area contributed by atoms with Crippen molar-refractivity contribution < 1.29 is 17.6 Å². The van der Waals surface area contributed by atoms with Gasteiger partial charge in [0.25, 0.3) is 0 Å². The highest BCUT2D eigenvalue weighted by Crippen LogP contribution is 2.32. The summed E-state index contributed by atoms with van der Waals surface area (Å²) in [4.78, 5) is 6.64. The molecule has 0 fully saturated rings. The van der Waals surface area contributed by atoms with E-state index in [2.05, 4.69) is 53.4 Å². The van der Waals surface area contributed by atoms with Crippen molar-refractivity contribution in [2.45, 2.75) is 20.0 Å². The first kappa shape index (κ1) is 21.7. The van der Waals surface area contributed by atoms with Crippen LogP contribution >= 0.6 is 11.3 Å². The largest absolute Gasteiger partial charge is 0.419 e. The van der Waals surface area contributed by atoms with Crippen LogP contribution < -0.4 is 10.6 Å². The van der Waals surface area contributed by atoms with Crippen molar-refractivity contribution in [2.24, 2.45) is 0 Å². The van der Waals surface area contributed by atoms with E-state index in [9.17, 15) is 17.6 Å². The number of thiazole rings is 1. The minimum Gasteiger partial charge on any atom is -0.396 e. The van der Waals surface area contributed by atoms with Crippen molar-refractivity contribution in [3.8, 4) is 11.3 Å². The molecule has 0 aliphatic carbocycles. The normalized spacial score (nSPS) is 10.9. The van der Waals surface area contributed by atoms with Crippen LogP contribution in [0.5, 0.6) is 0 Å². The molecule has 0 amide bonds. The Kier molecular flexibility index (Phi) is 7.39. The summed E-state index contributed by atoms with van der Waals surface area (Å²) in [6.07, 6.45) is -4.68. The van der Waals surface area contributed by atoms with Gasteiger partial charge in [0.15, 0.2) is 5.82 Å². The van der Waals surface area contributed by atoms with Gasteiger partial charge >= 0.3 is 6.18 Å². The van der Waals surface area contributed by atoms with E-state index in [4.69, 9.17) is 5.73 Å². The molecule has 3 aromatic rings. The number of halogens is 4. The molecule has 2 aromatic carbocycles. The molecule has 2 N–H and O–H groups in total. The number of rotatable bonds is 4. The number of hydrogen-bond donors (Lipinski definition) is 1. The number of nitrogens with two attached hydrogens (primary N) is 1. The second kappa shape index (κ2) is 9.54. The van der Waals surface area contributed by atoms with E-state index in [1.54, 1.807) is 11.3 Å². The Morgan fingerprint density at radius 2 is 1.68 bits per heavy atom. The van der Waals surface area contributed by atoms with E-state index in [-0.39, 0.29) is 0 Å². The second-order valence-electron chi connectivity index (χ2n) is 5.80. The predicted molar refractivity (Wildman–Crippen MR) is 107 cm³/mol. The predicted octanol–water partition coefficient (Wildman–Crippen LogP) is 6.08. The Balaban J connectivity index is 0.000000209. The van der Waals surface area contributed by atoms with E-state index in [1.807, 2.05) is 5.51 Å². The van der Waals surface area contributed by atoms with Gasteiger partial charge < -0.3 is 10.6 Å². The third kappa shape index (κ3) is 5.45. The van der Waals surface area contributed by atoms with E-state index < -0.39 is 23.2 Å². The van der Waals surface area contributed by atoms with Gasteiger partial charge in [0.1, 0.15) is 0 Å². The molecule has 0 atom stereocenters. The third-order valence-corrected chi connectivity index (χ3v) is 4.64. The third-order valence-electron chi connectivity index (χ3n) is 4.06. The van der Waals surface area contributed by atoms with Gasteiger partial charge in [0.05, 0.1) is 22.5 Å². The van der Waals surface area contributed by atoms with Crippen LogP contribution in [0.1, 0.15) is 19.4 Å². The topological polar surface area (TPSA) is 42.2 Å². The van der Waals surface area contributed by atoms with Crippen molar-refractivity contribution in [2.75, 3.05) is 23.7 Å². The fraction of sp³-hybridized carbons (Fsp3) is 0.250. The minimum atomic E-state index is -4.68. The Morgan fingerprint density at radius 1 is 1.04 bits per heavy atom. The molecule has 1 aromatic heterocycles. The van der Waals surface area contributed by atoms with Crippen LogP contribution in [0.4, 0.5) is 28.9 Å². The Hall–Kier alpha value is -2.61. The van der Waals surface area contributed by atoms with Crippen LogP contribution in [0, 0.1) is 5.82 Å². The molecule has 0 spiro atoms. The maximum absolute atomic E-state index is 12.7. The summed E-state index contributed by atoms with van der Waals surface area (Å²) in [5.74, 6) is -1.41. The van der Waals surface area contributed by atoms with Gasteiger partial charge in [-0.1, -0.05) is 18.2 Å². The van der Waals surface area contributed by atoms with Gasteiger partial charge in [-0.3, -0.25) is 0 Å². The molecule has 0 aliphatic rings. The van der Waals surface area contributed by atoms with E-state index in [0.717, 1.165) is 30.9 Å². The van der Waals surface area contributed by atoms with Crippen LogP contribution in [0.3, 0.4) is 0 Å². The number of anilines is 2. The average Bonchev–Trinajstić information content (AvgIpc) is 3.20. The van der Waals surface area contributed by atoms with Crippen LogP contribution in [0.25, 0.3) is 11.3 Å². The zero-order chi connectivity index (χ0) is 20.7. The van der Waals surface area contributed by atoms with Gasteiger partial charge in [0, 0.05) is 29.7 Å². The second-order valence-corrected chi connectivity index (χ2v) is 6.52. The Labute approximate surface area is 165 Å². The number of alkyl halides is 3. The molecule has 3 nitrogen and oxygen atoms in total. The van der Waals surface area contributed by atoms with E-state index in [1.165, 1.54) is 11.3 Å². The standard InChI is InChI=1S/C13H16N2S.C7H5F4N/c1-3-15(4-2)12-7-5-11(6-8-12)13-9-16-10-14-13;8-6-4(7(9,10)11)2-1-3-5(6)12/h5-10H,3-4H2,1-2H3;1-3H,12H2. The summed E-state index contributed by atoms with van der Waals surface area (Å²) in [7, 11) is 0. The van der Waals surface area contributed by atoms with Crippen LogP contribution in [-0.4, -0.2) is 18.1 Å². The zero-order valence-electron chi connectivity index (χ0n) is 15.5. The maximum atomic E-state index is 12.7. The molecule has 0 aliphatic heterocycles. The molecular weight excluding hydrogens is 390 g/mol. The van der Waals surface area contributed by atoms with Crippen LogP contribution in [0.2, 0.25) is 0 Å². The Bertz CT molecular complexity index is 858. The van der Waals surface area contributed by atoms with Crippen molar-refractivity contribution in [1.82, 2.24) is 4.98 Å². The summed E-state index contributed by atoms with van der Waals surface area (Å²) >= 11 is 1.63. The molecule has 8 heteroatoms. The molecule has 3 rings (SSSR count). The molecular formula is C20H21F4N3S. The molecule has 0 unspecified atom stereocenters. The van der Waals surface area contributed by atoms with Crippen molar-refractivity contribution >= 4 is 22.7 Å². The van der Waals surface area contributed by atoms with Gasteiger partial charge in [-0.2, -0.15) is 13.2 Å². The van der Waals surface area contributed by atoms with Crippen molar-refractivity contribution in [1.29, 1.82) is 0 Å². The summed E-state index contributed by atoms with van der Waals surface area (Å²) in [5, 5.41) is 2.08. The number of hydrogen-bond acceptors (Lipinski definition) is 4. The molecule has 0 radical (unpaired) electrons. The van der Waals surface area contributed by atoms with Gasteiger partial charge in [-0.25, -0.2) is 9.37 Å². The Morgan fingerprint density at radius 3 is 2.14 bits per heavy atom. The smallest absolute Gasteiger partial charge is 0.396 e. The quantitative estimate of drug-likeness (QED) is 0.418. The first-order valence-corrected chi connectivity index (χ1v) is 9.56. The summed E-state index contributed by atoms with van der Waals surface area (Å²) in [5.41, 5.74) is 8.52. The van der Waals surface area contributed by atoms with Crippen LogP contribution in [0.15, 0.2) is 53.4 Å². The number of nitrogens with zero attached hydrogens (tertiary/aromatic N) is 2. The van der Waals surface area contributed by atoms with Crippen LogP contribution in [-0.2, 0) is 6.18 Å². The van der Waals surface area contributed by atoms with E-state index in [0.29, 0.717) is 6.07 Å². The lowest BCUT2D eigenvalue weighted by Gasteiger charge is -2.20. The fourth-order valence-electron chi connectivity index (χ4n) is 2.56. The monoisotopic (exact) mass is 411 g/mol. The average molecular weight is 411 g/mol. The number of benzene rings is 2. The molecule has 1 heterocycles. The fourth-order valence-corrected chi connectivity index (χ4v) is 3.12. The van der Waals surface area contributed by atoms with Gasteiger partial charge in [0.2, 0.25) is 0 Å². The highest BCUT2D eigenvalue weighted by Gasteiger charge is 2.34. The van der Waals surface area contributed by atoms with Crippen molar-refractivity contribution in [3.05, 3.63) is 64.7 Å². The summed E-state index contributed by atoms with van der Waals surface area (Å²) < 4.78 is 48.5. The molecule has 0 saturated carbocycles. The highest BCUT2D eigenvalue weighted by molar-refractivity contribution is 7.07. The van der Waals surface area contributed by atoms with E-state index >= 15 is 0 Å². The van der Waals surface area contributed by atoms with Gasteiger partial charge in [-0.05, 0) is 38.1 Å². The lowest BCUT2D eigenvalue weighted by Crippen LogP contribution is -2.21. The zero-order valence-corrected chi connectivity index (χ0v) is 16.3. The summed E-state index contributed by atoms with van der Waals surface area (Å²) in [6, 6.07) is 11.4. The lowest BCUT2D eigenvalue weighted by molar-refractivity contribution is -0.139. The molecule has 0 bridgehead atoms. The van der Waals surface area contributed by atoms with Crippen molar-refractivity contribution in [3.63, 3.8) is 0 Å². The highest BCUT2D eigenvalue weighted by atomic mass is 32.1. The van der Waals surface area contributed by atoms with Gasteiger partial charge in [-0.15, -0.1) is 11.3 Å². The minimum absolute atomic E-state index is 0.496. The number of aromatic nitrogens is 1. The first-order valence-electron chi connectivity index (χ1n) is 8.62. The lowest BCUT2D eigenvalue weighted by atomic mass is 10.1. The number of nitrogen functional groups attached to an aromatic ring is 1. The molecule has 28 heavy (non-hydrogen) atoms. The summed E-state index contributed by atoms with van der Waals surface area (Å²) in [6.45, 7) is 6.45. The molecule has 0 saturated heterocycles. The SMILES string of the molecule is CCN(CC)c1ccc(-c2cscn2)cc1.Nc1cccc(C(F)(F)F)c1F. The maximum Gasteiger partial charge on any atom is 0.419 e.